The van der Waals surface area contributed by atoms with E-state index in [0.29, 0.717) is 18.2 Å². The Balaban J connectivity index is 1.46. The molecule has 1 N–H and O–H groups in total. The molecule has 1 aromatic carbocycles. The van der Waals surface area contributed by atoms with Crippen LogP contribution in [0.2, 0.25) is 0 Å². The maximum atomic E-state index is 6.12. The summed E-state index contributed by atoms with van der Waals surface area (Å²) >= 11 is 0. The van der Waals surface area contributed by atoms with Crippen molar-refractivity contribution in [3.63, 3.8) is 0 Å². The van der Waals surface area contributed by atoms with Crippen molar-refractivity contribution in [1.29, 1.82) is 0 Å². The van der Waals surface area contributed by atoms with E-state index in [1.54, 1.807) is 0 Å². The van der Waals surface area contributed by atoms with E-state index in [1.807, 2.05) is 0 Å². The molecule has 1 saturated carbocycles. The minimum atomic E-state index is 0.543. The molecule has 6 unspecified atom stereocenters. The standard InChI is InChI=1S/C19H27NO/c1-2-10-20-19(17-11-14-8-9-18(17)21-14)16-12-15(16)13-6-4-3-5-7-13/h3-7,14-20H,2,8-12H2,1H3. The minimum absolute atomic E-state index is 0.543. The van der Waals surface area contributed by atoms with Crippen LogP contribution >= 0.6 is 0 Å². The second kappa shape index (κ2) is 5.73. The van der Waals surface area contributed by atoms with Gasteiger partial charge in [-0.1, -0.05) is 37.3 Å². The smallest absolute Gasteiger partial charge is 0.0623 e. The Morgan fingerprint density at radius 2 is 2.00 bits per heavy atom. The third kappa shape index (κ3) is 2.64. The van der Waals surface area contributed by atoms with Crippen LogP contribution in [0.5, 0.6) is 0 Å². The zero-order valence-corrected chi connectivity index (χ0v) is 13.0. The molecular formula is C19H27NO. The van der Waals surface area contributed by atoms with Gasteiger partial charge in [-0.15, -0.1) is 0 Å². The Morgan fingerprint density at radius 1 is 1.14 bits per heavy atom. The van der Waals surface area contributed by atoms with E-state index in [9.17, 15) is 0 Å². The number of hydrogen-bond acceptors (Lipinski definition) is 2. The molecule has 2 heteroatoms. The van der Waals surface area contributed by atoms with Crippen molar-refractivity contribution >= 4 is 0 Å². The zero-order valence-electron chi connectivity index (χ0n) is 13.0. The van der Waals surface area contributed by atoms with Gasteiger partial charge in [0, 0.05) is 12.0 Å². The van der Waals surface area contributed by atoms with Crippen LogP contribution in [-0.2, 0) is 4.74 Å². The Bertz CT molecular complexity index is 474. The molecule has 6 atom stereocenters. The van der Waals surface area contributed by atoms with E-state index in [1.165, 1.54) is 37.7 Å². The molecule has 3 fully saturated rings. The van der Waals surface area contributed by atoms with Crippen molar-refractivity contribution in [2.24, 2.45) is 11.8 Å². The van der Waals surface area contributed by atoms with Gasteiger partial charge in [-0.05, 0) is 56.0 Å². The Hall–Kier alpha value is -0.860. The SMILES string of the molecule is CCCNC(C1CC2CCC1O2)C1CC1c1ccccc1. The predicted molar refractivity (Wildman–Crippen MR) is 85.4 cm³/mol. The first kappa shape index (κ1) is 13.8. The number of nitrogens with one attached hydrogen (secondary N) is 1. The van der Waals surface area contributed by atoms with Crippen LogP contribution in [0.1, 0.15) is 50.5 Å². The largest absolute Gasteiger partial charge is 0.375 e. The number of benzene rings is 1. The number of fused-ring (bicyclic) bond motifs is 2. The van der Waals surface area contributed by atoms with Gasteiger partial charge in [0.2, 0.25) is 0 Å². The molecule has 2 heterocycles. The third-order valence-electron chi connectivity index (χ3n) is 5.77. The third-order valence-corrected chi connectivity index (χ3v) is 5.77. The van der Waals surface area contributed by atoms with Gasteiger partial charge >= 0.3 is 0 Å². The fraction of sp³-hybridized carbons (Fsp3) is 0.684. The highest BCUT2D eigenvalue weighted by Crippen LogP contribution is 2.54. The summed E-state index contributed by atoms with van der Waals surface area (Å²) in [6.07, 6.45) is 7.59. The lowest BCUT2D eigenvalue weighted by atomic mass is 9.81. The Labute approximate surface area is 128 Å². The van der Waals surface area contributed by atoms with Crippen LogP contribution < -0.4 is 5.32 Å². The maximum absolute atomic E-state index is 6.12. The van der Waals surface area contributed by atoms with Gasteiger partial charge in [0.05, 0.1) is 12.2 Å². The van der Waals surface area contributed by atoms with E-state index in [-0.39, 0.29) is 0 Å². The monoisotopic (exact) mass is 285 g/mol. The summed E-state index contributed by atoms with van der Waals surface area (Å²) in [7, 11) is 0. The molecule has 0 amide bonds. The maximum Gasteiger partial charge on any atom is 0.0623 e. The fourth-order valence-electron chi connectivity index (χ4n) is 4.68. The summed E-state index contributed by atoms with van der Waals surface area (Å²) in [6.45, 7) is 3.42. The van der Waals surface area contributed by atoms with Crippen molar-refractivity contribution in [2.75, 3.05) is 6.54 Å². The lowest BCUT2D eigenvalue weighted by Crippen LogP contribution is -2.43. The molecule has 0 spiro atoms. The van der Waals surface area contributed by atoms with E-state index < -0.39 is 0 Å². The second-order valence-electron chi connectivity index (χ2n) is 7.17. The molecule has 2 bridgehead atoms. The van der Waals surface area contributed by atoms with Crippen LogP contribution in [0.15, 0.2) is 30.3 Å². The fourth-order valence-corrected chi connectivity index (χ4v) is 4.68. The highest BCUT2D eigenvalue weighted by molar-refractivity contribution is 5.27. The summed E-state index contributed by atoms with van der Waals surface area (Å²) in [5.41, 5.74) is 1.54. The van der Waals surface area contributed by atoms with E-state index >= 15 is 0 Å². The highest BCUT2D eigenvalue weighted by Gasteiger charge is 2.52. The summed E-state index contributed by atoms with van der Waals surface area (Å²) in [6, 6.07) is 11.8. The van der Waals surface area contributed by atoms with Crippen molar-refractivity contribution in [3.05, 3.63) is 35.9 Å². The minimum Gasteiger partial charge on any atom is -0.375 e. The van der Waals surface area contributed by atoms with Gasteiger partial charge in [0.1, 0.15) is 0 Å². The predicted octanol–water partition coefficient (Wildman–Crippen LogP) is 3.73. The molecule has 21 heavy (non-hydrogen) atoms. The van der Waals surface area contributed by atoms with E-state index in [4.69, 9.17) is 4.74 Å². The second-order valence-corrected chi connectivity index (χ2v) is 7.17. The molecule has 0 aromatic heterocycles. The van der Waals surface area contributed by atoms with Gasteiger partial charge in [-0.25, -0.2) is 0 Å². The molecule has 1 aliphatic carbocycles. The van der Waals surface area contributed by atoms with Crippen LogP contribution in [0.4, 0.5) is 0 Å². The summed E-state index contributed by atoms with van der Waals surface area (Å²) in [5.74, 6) is 2.36. The van der Waals surface area contributed by atoms with Gasteiger partial charge in [0.25, 0.3) is 0 Å². The molecule has 2 aliphatic heterocycles. The van der Waals surface area contributed by atoms with E-state index in [0.717, 1.165) is 24.3 Å². The average Bonchev–Trinajstić information content (AvgIpc) is 3.02. The van der Waals surface area contributed by atoms with Gasteiger partial charge in [-0.3, -0.25) is 0 Å². The van der Waals surface area contributed by atoms with Crippen LogP contribution in [0.25, 0.3) is 0 Å². The molecule has 2 saturated heterocycles. The highest BCUT2D eigenvalue weighted by atomic mass is 16.5. The lowest BCUT2D eigenvalue weighted by molar-refractivity contribution is 0.0836. The summed E-state index contributed by atoms with van der Waals surface area (Å²) in [5, 5.41) is 3.88. The number of ether oxygens (including phenoxy) is 1. The molecule has 0 radical (unpaired) electrons. The van der Waals surface area contributed by atoms with Gasteiger partial charge < -0.3 is 10.1 Å². The topological polar surface area (TPSA) is 21.3 Å². The quantitative estimate of drug-likeness (QED) is 0.860. The van der Waals surface area contributed by atoms with Crippen LogP contribution in [-0.4, -0.2) is 24.8 Å². The normalized spacial score (nSPS) is 38.6. The average molecular weight is 285 g/mol. The molecule has 2 nitrogen and oxygen atoms in total. The Kier molecular flexibility index (Phi) is 3.76. The van der Waals surface area contributed by atoms with Crippen LogP contribution in [0, 0.1) is 11.8 Å². The molecule has 3 aliphatic rings. The van der Waals surface area contributed by atoms with Crippen molar-refractivity contribution < 1.29 is 4.74 Å². The number of hydrogen-bond donors (Lipinski definition) is 1. The Morgan fingerprint density at radius 3 is 2.67 bits per heavy atom. The molecule has 114 valence electrons. The summed E-state index contributed by atoms with van der Waals surface area (Å²) in [4.78, 5) is 0. The molecule has 1 aromatic rings. The first-order chi connectivity index (χ1) is 10.4. The van der Waals surface area contributed by atoms with Crippen molar-refractivity contribution in [1.82, 2.24) is 5.32 Å². The molecule has 4 rings (SSSR count). The number of rotatable bonds is 6. The van der Waals surface area contributed by atoms with Gasteiger partial charge in [0.15, 0.2) is 0 Å². The first-order valence-electron chi connectivity index (χ1n) is 8.80. The zero-order chi connectivity index (χ0) is 14.2. The summed E-state index contributed by atoms with van der Waals surface area (Å²) < 4.78 is 6.12. The first-order valence-corrected chi connectivity index (χ1v) is 8.80. The lowest BCUT2D eigenvalue weighted by Gasteiger charge is -2.30. The van der Waals surface area contributed by atoms with Crippen LogP contribution in [0.3, 0.4) is 0 Å². The van der Waals surface area contributed by atoms with Gasteiger partial charge in [-0.2, -0.15) is 0 Å². The van der Waals surface area contributed by atoms with Crippen molar-refractivity contribution in [3.8, 4) is 0 Å². The molecular weight excluding hydrogens is 258 g/mol. The van der Waals surface area contributed by atoms with Crippen molar-refractivity contribution in [2.45, 2.75) is 63.2 Å². The van der Waals surface area contributed by atoms with E-state index in [2.05, 4.69) is 42.6 Å².